The van der Waals surface area contributed by atoms with Crippen molar-refractivity contribution < 1.29 is 14.6 Å². The molecule has 24 heavy (non-hydrogen) atoms. The minimum Gasteiger partial charge on any atom is -0.489 e. The Morgan fingerprint density at radius 1 is 1.08 bits per heavy atom. The molecular formula is C21H24O3. The molecule has 3 heteroatoms. The SMILES string of the molecule is CCCCCc1ccc(/C=C/COc2ccccc2C(=O)O)cc1. The second-order valence-corrected chi connectivity index (χ2v) is 5.71. The standard InChI is InChI=1S/C21H24O3/c1-2-3-4-8-17-12-14-18(15-13-17)9-7-16-24-20-11-6-5-10-19(20)21(22)23/h5-7,9-15H,2-4,8,16H2,1H3,(H,22,23)/b9-7+. The first-order valence-corrected chi connectivity index (χ1v) is 8.41. The summed E-state index contributed by atoms with van der Waals surface area (Å²) in [5.41, 5.74) is 2.67. The van der Waals surface area contributed by atoms with Crippen LogP contribution in [0.15, 0.2) is 54.6 Å². The molecular weight excluding hydrogens is 300 g/mol. The lowest BCUT2D eigenvalue weighted by atomic mass is 10.1. The highest BCUT2D eigenvalue weighted by molar-refractivity contribution is 5.90. The normalized spacial score (nSPS) is 10.9. The fourth-order valence-corrected chi connectivity index (χ4v) is 2.47. The summed E-state index contributed by atoms with van der Waals surface area (Å²) in [4.78, 5) is 11.1. The minimum atomic E-state index is -0.978. The van der Waals surface area contributed by atoms with E-state index >= 15 is 0 Å². The van der Waals surface area contributed by atoms with Gasteiger partial charge in [0, 0.05) is 0 Å². The molecule has 0 bridgehead atoms. The van der Waals surface area contributed by atoms with Gasteiger partial charge in [-0.3, -0.25) is 0 Å². The third kappa shape index (κ3) is 5.58. The second kappa shape index (κ2) is 9.56. The molecule has 0 saturated carbocycles. The topological polar surface area (TPSA) is 46.5 Å². The summed E-state index contributed by atoms with van der Waals surface area (Å²) in [6, 6.07) is 15.2. The lowest BCUT2D eigenvalue weighted by molar-refractivity contribution is 0.0693. The third-order valence-corrected chi connectivity index (χ3v) is 3.81. The largest absolute Gasteiger partial charge is 0.489 e. The molecule has 2 aromatic carbocycles. The van der Waals surface area contributed by atoms with Crippen molar-refractivity contribution in [1.82, 2.24) is 0 Å². The van der Waals surface area contributed by atoms with Crippen LogP contribution in [-0.2, 0) is 6.42 Å². The number of ether oxygens (including phenoxy) is 1. The number of aryl methyl sites for hydroxylation is 1. The number of benzene rings is 2. The molecule has 0 unspecified atom stereocenters. The maximum atomic E-state index is 11.1. The number of aromatic carboxylic acids is 1. The first-order valence-electron chi connectivity index (χ1n) is 8.41. The van der Waals surface area contributed by atoms with Gasteiger partial charge < -0.3 is 9.84 Å². The van der Waals surface area contributed by atoms with Crippen molar-refractivity contribution in [2.75, 3.05) is 6.61 Å². The van der Waals surface area contributed by atoms with Crippen LogP contribution < -0.4 is 4.74 Å². The van der Waals surface area contributed by atoms with Gasteiger partial charge in [0.05, 0.1) is 0 Å². The lowest BCUT2D eigenvalue weighted by Gasteiger charge is -2.06. The highest BCUT2D eigenvalue weighted by Crippen LogP contribution is 2.18. The smallest absolute Gasteiger partial charge is 0.339 e. The zero-order chi connectivity index (χ0) is 17.2. The quantitative estimate of drug-likeness (QED) is 0.644. The maximum Gasteiger partial charge on any atom is 0.339 e. The molecule has 0 spiro atoms. The Morgan fingerprint density at radius 2 is 1.83 bits per heavy atom. The molecule has 0 aliphatic carbocycles. The third-order valence-electron chi connectivity index (χ3n) is 3.81. The van der Waals surface area contributed by atoms with Crippen LogP contribution in [-0.4, -0.2) is 17.7 Å². The first-order chi connectivity index (χ1) is 11.7. The van der Waals surface area contributed by atoms with Gasteiger partial charge in [-0.2, -0.15) is 0 Å². The van der Waals surface area contributed by atoms with Gasteiger partial charge in [0.25, 0.3) is 0 Å². The molecule has 0 fully saturated rings. The van der Waals surface area contributed by atoms with Gasteiger partial charge >= 0.3 is 5.97 Å². The Kier molecular flexibility index (Phi) is 7.09. The van der Waals surface area contributed by atoms with E-state index in [0.717, 1.165) is 12.0 Å². The Labute approximate surface area is 143 Å². The Morgan fingerprint density at radius 3 is 2.54 bits per heavy atom. The maximum absolute atomic E-state index is 11.1. The van der Waals surface area contributed by atoms with Crippen LogP contribution in [0.1, 0.15) is 47.7 Å². The molecule has 0 aliphatic rings. The van der Waals surface area contributed by atoms with E-state index in [2.05, 4.69) is 31.2 Å². The summed E-state index contributed by atoms with van der Waals surface area (Å²) in [7, 11) is 0. The van der Waals surface area contributed by atoms with Crippen molar-refractivity contribution in [3.05, 3.63) is 71.3 Å². The van der Waals surface area contributed by atoms with Crippen LogP contribution in [0.5, 0.6) is 5.75 Å². The number of carbonyl (C=O) groups is 1. The van der Waals surface area contributed by atoms with Crippen molar-refractivity contribution in [1.29, 1.82) is 0 Å². The van der Waals surface area contributed by atoms with E-state index in [4.69, 9.17) is 9.84 Å². The van der Waals surface area contributed by atoms with Gasteiger partial charge in [-0.15, -0.1) is 0 Å². The molecule has 3 nitrogen and oxygen atoms in total. The first kappa shape index (κ1) is 17.8. The number of hydrogen-bond donors (Lipinski definition) is 1. The molecule has 0 aromatic heterocycles. The number of carboxylic acids is 1. The average molecular weight is 324 g/mol. The molecule has 0 atom stereocenters. The van der Waals surface area contributed by atoms with E-state index in [1.807, 2.05) is 12.2 Å². The second-order valence-electron chi connectivity index (χ2n) is 5.71. The van der Waals surface area contributed by atoms with Gasteiger partial charge in [-0.25, -0.2) is 4.79 Å². The van der Waals surface area contributed by atoms with Gasteiger partial charge in [0.1, 0.15) is 17.9 Å². The molecule has 0 heterocycles. The number of rotatable bonds is 9. The van der Waals surface area contributed by atoms with Crippen LogP contribution in [0.4, 0.5) is 0 Å². The molecule has 0 aliphatic heterocycles. The lowest BCUT2D eigenvalue weighted by Crippen LogP contribution is -2.02. The van der Waals surface area contributed by atoms with Crippen molar-refractivity contribution >= 4 is 12.0 Å². The Bertz CT molecular complexity index is 672. The summed E-state index contributed by atoms with van der Waals surface area (Å²) in [6.07, 6.45) is 8.77. The summed E-state index contributed by atoms with van der Waals surface area (Å²) in [5.74, 6) is -0.589. The zero-order valence-electron chi connectivity index (χ0n) is 14.1. The van der Waals surface area contributed by atoms with E-state index in [1.165, 1.54) is 24.8 Å². The highest BCUT2D eigenvalue weighted by Gasteiger charge is 2.08. The van der Waals surface area contributed by atoms with E-state index in [0.29, 0.717) is 12.4 Å². The predicted octanol–water partition coefficient (Wildman–Crippen LogP) is 5.21. The van der Waals surface area contributed by atoms with Gasteiger partial charge in [-0.1, -0.05) is 62.2 Å². The van der Waals surface area contributed by atoms with Crippen LogP contribution in [0.25, 0.3) is 6.08 Å². The van der Waals surface area contributed by atoms with Crippen LogP contribution >= 0.6 is 0 Å². The van der Waals surface area contributed by atoms with E-state index in [1.54, 1.807) is 24.3 Å². The van der Waals surface area contributed by atoms with Gasteiger partial charge in [0.2, 0.25) is 0 Å². The van der Waals surface area contributed by atoms with E-state index in [-0.39, 0.29) is 5.56 Å². The molecule has 0 saturated heterocycles. The molecule has 0 amide bonds. The molecule has 2 aromatic rings. The number of hydrogen-bond acceptors (Lipinski definition) is 2. The number of carboxylic acid groups (broad SMARTS) is 1. The highest BCUT2D eigenvalue weighted by atomic mass is 16.5. The predicted molar refractivity (Wildman–Crippen MR) is 97.6 cm³/mol. The Hall–Kier alpha value is -2.55. The summed E-state index contributed by atoms with van der Waals surface area (Å²) >= 11 is 0. The molecule has 2 rings (SSSR count). The number of unbranched alkanes of at least 4 members (excludes halogenated alkanes) is 2. The van der Waals surface area contributed by atoms with E-state index < -0.39 is 5.97 Å². The van der Waals surface area contributed by atoms with Gasteiger partial charge in [-0.05, 0) is 42.2 Å². The summed E-state index contributed by atoms with van der Waals surface area (Å²) in [6.45, 7) is 2.55. The zero-order valence-corrected chi connectivity index (χ0v) is 14.1. The van der Waals surface area contributed by atoms with Crippen LogP contribution in [0.2, 0.25) is 0 Å². The molecule has 1 N–H and O–H groups in total. The summed E-state index contributed by atoms with van der Waals surface area (Å²) < 4.78 is 5.54. The van der Waals surface area contributed by atoms with Crippen molar-refractivity contribution in [2.45, 2.75) is 32.6 Å². The van der Waals surface area contributed by atoms with Crippen molar-refractivity contribution in [2.24, 2.45) is 0 Å². The number of para-hydroxylation sites is 1. The van der Waals surface area contributed by atoms with Crippen molar-refractivity contribution in [3.8, 4) is 5.75 Å². The molecule has 0 radical (unpaired) electrons. The summed E-state index contributed by atoms with van der Waals surface area (Å²) in [5, 5.41) is 9.11. The monoisotopic (exact) mass is 324 g/mol. The van der Waals surface area contributed by atoms with Crippen LogP contribution in [0.3, 0.4) is 0 Å². The Balaban J connectivity index is 1.85. The minimum absolute atomic E-state index is 0.183. The average Bonchev–Trinajstić information content (AvgIpc) is 2.60. The van der Waals surface area contributed by atoms with Crippen molar-refractivity contribution in [3.63, 3.8) is 0 Å². The fourth-order valence-electron chi connectivity index (χ4n) is 2.47. The molecule has 126 valence electrons. The van der Waals surface area contributed by atoms with Gasteiger partial charge in [0.15, 0.2) is 0 Å². The van der Waals surface area contributed by atoms with E-state index in [9.17, 15) is 4.79 Å². The fraction of sp³-hybridized carbons (Fsp3) is 0.286. The van der Waals surface area contributed by atoms with Crippen LogP contribution in [0, 0.1) is 0 Å².